The summed E-state index contributed by atoms with van der Waals surface area (Å²) in [6.07, 6.45) is 11.9. The second-order valence-electron chi connectivity index (χ2n) is 6.50. The van der Waals surface area contributed by atoms with E-state index in [1.165, 1.54) is 5.56 Å². The van der Waals surface area contributed by atoms with Crippen LogP contribution in [0.3, 0.4) is 0 Å². The highest BCUT2D eigenvalue weighted by molar-refractivity contribution is 5.69. The van der Waals surface area contributed by atoms with E-state index >= 15 is 0 Å². The number of nitrogens with one attached hydrogen (secondary N) is 1. The molecule has 32 heavy (non-hydrogen) atoms. The van der Waals surface area contributed by atoms with Crippen molar-refractivity contribution in [2.45, 2.75) is 39.8 Å². The van der Waals surface area contributed by atoms with Crippen LogP contribution in [-0.4, -0.2) is 32.3 Å². The van der Waals surface area contributed by atoms with E-state index in [-0.39, 0.29) is 19.6 Å². The first-order chi connectivity index (χ1) is 15.5. The van der Waals surface area contributed by atoms with Crippen LogP contribution in [0.25, 0.3) is 0 Å². The van der Waals surface area contributed by atoms with Crippen LogP contribution in [0.5, 0.6) is 0 Å². The van der Waals surface area contributed by atoms with Crippen molar-refractivity contribution in [2.24, 2.45) is 0 Å². The smallest absolute Gasteiger partial charge is 0.345 e. The zero-order valence-corrected chi connectivity index (χ0v) is 19.1. The summed E-state index contributed by atoms with van der Waals surface area (Å²) in [6, 6.07) is 10.3. The lowest BCUT2D eigenvalue weighted by Crippen LogP contribution is -2.15. The molecule has 0 heterocycles. The molecule has 4 nitrogen and oxygen atoms in total. The Labute approximate surface area is 191 Å². The van der Waals surface area contributed by atoms with Crippen LogP contribution in [0, 0.1) is 0 Å². The van der Waals surface area contributed by atoms with Gasteiger partial charge in [-0.3, -0.25) is 4.79 Å². The Morgan fingerprint density at radius 1 is 1.19 bits per heavy atom. The zero-order valence-electron chi connectivity index (χ0n) is 19.1. The SMILES string of the molecule is C/C=C\C(=C/CC)COC(=O)CCOC(F)F.C=C/C=C(\C=C)CNCc1ccccc1. The predicted molar refractivity (Wildman–Crippen MR) is 127 cm³/mol. The van der Waals surface area contributed by atoms with Gasteiger partial charge in [-0.25, -0.2) is 0 Å². The van der Waals surface area contributed by atoms with Crippen molar-refractivity contribution in [3.05, 3.63) is 96.7 Å². The molecule has 0 spiro atoms. The topological polar surface area (TPSA) is 47.6 Å². The standard InChI is InChI=1S/C14H17N.C12H18F2O3/c1-3-8-13(4-2)11-15-12-14-9-6-5-7-10-14;1-3-5-10(6-4-2)9-17-11(15)7-8-16-12(13)14/h3-10,15H,1-2,11-12H2;3,5-6,12H,4,7-9H2,1-2H3/b13-8+;5-3-,10-6+. The minimum absolute atomic E-state index is 0.158. The Hall–Kier alpha value is -2.83. The number of halogens is 2. The molecule has 1 aromatic carbocycles. The maximum absolute atomic E-state index is 11.6. The molecule has 6 heteroatoms. The first-order valence-electron chi connectivity index (χ1n) is 10.5. The van der Waals surface area contributed by atoms with Crippen molar-refractivity contribution < 1.29 is 23.0 Å². The van der Waals surface area contributed by atoms with Gasteiger partial charge in [-0.05, 0) is 30.1 Å². The normalized spacial score (nSPS) is 11.8. The summed E-state index contributed by atoms with van der Waals surface area (Å²) in [5.41, 5.74) is 3.33. The van der Waals surface area contributed by atoms with E-state index in [1.54, 1.807) is 6.08 Å². The summed E-state index contributed by atoms with van der Waals surface area (Å²) < 4.78 is 32.1. The van der Waals surface area contributed by atoms with E-state index in [2.05, 4.69) is 35.3 Å². The monoisotopic (exact) mass is 447 g/mol. The third-order valence-electron chi connectivity index (χ3n) is 3.89. The van der Waals surface area contributed by atoms with E-state index in [9.17, 15) is 13.6 Å². The van der Waals surface area contributed by atoms with E-state index in [1.807, 2.05) is 62.4 Å². The van der Waals surface area contributed by atoms with Gasteiger partial charge in [0.15, 0.2) is 0 Å². The first kappa shape index (κ1) is 29.2. The van der Waals surface area contributed by atoms with Crippen LogP contribution < -0.4 is 5.32 Å². The molecule has 0 aromatic heterocycles. The lowest BCUT2D eigenvalue weighted by Gasteiger charge is -2.06. The van der Waals surface area contributed by atoms with Crippen molar-refractivity contribution in [3.8, 4) is 0 Å². The number of ether oxygens (including phenoxy) is 2. The summed E-state index contributed by atoms with van der Waals surface area (Å²) in [6.45, 7) is 9.94. The molecule has 0 unspecified atom stereocenters. The minimum atomic E-state index is -2.85. The van der Waals surface area contributed by atoms with Crippen molar-refractivity contribution in [1.82, 2.24) is 5.32 Å². The highest BCUT2D eigenvalue weighted by atomic mass is 19.3. The molecular formula is C26H35F2NO3. The van der Waals surface area contributed by atoms with Crippen LogP contribution in [0.15, 0.2) is 91.1 Å². The van der Waals surface area contributed by atoms with Crippen molar-refractivity contribution in [2.75, 3.05) is 19.8 Å². The lowest BCUT2D eigenvalue weighted by atomic mass is 10.2. The second-order valence-corrected chi connectivity index (χ2v) is 6.50. The highest BCUT2D eigenvalue weighted by Gasteiger charge is 2.07. The number of carbonyl (C=O) groups excluding carboxylic acids is 1. The van der Waals surface area contributed by atoms with E-state index in [0.29, 0.717) is 0 Å². The molecule has 0 saturated carbocycles. The van der Waals surface area contributed by atoms with Crippen LogP contribution in [-0.2, 0) is 20.8 Å². The quantitative estimate of drug-likeness (QED) is 0.275. The number of rotatable bonds is 14. The van der Waals surface area contributed by atoms with Gasteiger partial charge in [0.2, 0.25) is 0 Å². The molecule has 0 bridgehead atoms. The molecule has 1 rings (SSSR count). The molecular weight excluding hydrogens is 412 g/mol. The lowest BCUT2D eigenvalue weighted by molar-refractivity contribution is -0.152. The summed E-state index contributed by atoms with van der Waals surface area (Å²) in [4.78, 5) is 11.1. The van der Waals surface area contributed by atoms with Crippen LogP contribution in [0.2, 0.25) is 0 Å². The van der Waals surface area contributed by atoms with Crippen LogP contribution in [0.4, 0.5) is 8.78 Å². The Kier molecular flexibility index (Phi) is 18.3. The molecule has 176 valence electrons. The Balaban J connectivity index is 0.000000604. The van der Waals surface area contributed by atoms with Gasteiger partial charge in [-0.1, -0.05) is 86.9 Å². The van der Waals surface area contributed by atoms with Gasteiger partial charge in [-0.2, -0.15) is 8.78 Å². The number of benzene rings is 1. The molecule has 1 N–H and O–H groups in total. The predicted octanol–water partition coefficient (Wildman–Crippen LogP) is 6.15. The van der Waals surface area contributed by atoms with Crippen LogP contribution >= 0.6 is 0 Å². The number of hydrogen-bond acceptors (Lipinski definition) is 4. The first-order valence-corrected chi connectivity index (χ1v) is 10.5. The molecule has 0 fully saturated rings. The van der Waals surface area contributed by atoms with E-state index in [0.717, 1.165) is 30.7 Å². The molecule has 0 aliphatic rings. The van der Waals surface area contributed by atoms with E-state index < -0.39 is 12.6 Å². The van der Waals surface area contributed by atoms with E-state index in [4.69, 9.17) is 4.74 Å². The Bertz CT molecular complexity index is 741. The third kappa shape index (κ3) is 16.9. The molecule has 0 aliphatic carbocycles. The molecule has 0 saturated heterocycles. The molecule has 0 radical (unpaired) electrons. The summed E-state index contributed by atoms with van der Waals surface area (Å²) in [5.74, 6) is -0.544. The number of esters is 1. The van der Waals surface area contributed by atoms with Crippen molar-refractivity contribution in [3.63, 3.8) is 0 Å². The summed E-state index contributed by atoms with van der Waals surface area (Å²) in [7, 11) is 0. The fourth-order valence-corrected chi connectivity index (χ4v) is 2.42. The molecule has 0 amide bonds. The molecule has 0 aliphatic heterocycles. The number of alkyl halides is 2. The van der Waals surface area contributed by atoms with Gasteiger partial charge in [-0.15, -0.1) is 0 Å². The maximum atomic E-state index is 11.6. The number of allylic oxidation sites excluding steroid dienone is 4. The van der Waals surface area contributed by atoms with Gasteiger partial charge in [0.25, 0.3) is 0 Å². The van der Waals surface area contributed by atoms with Crippen molar-refractivity contribution >= 4 is 5.97 Å². The van der Waals surface area contributed by atoms with Crippen molar-refractivity contribution in [1.29, 1.82) is 0 Å². The average molecular weight is 448 g/mol. The number of carbonyl (C=O) groups is 1. The number of hydrogen-bond donors (Lipinski definition) is 1. The molecule has 1 aromatic rings. The van der Waals surface area contributed by atoms with Crippen LogP contribution in [0.1, 0.15) is 32.3 Å². The Morgan fingerprint density at radius 3 is 2.47 bits per heavy atom. The molecule has 0 atom stereocenters. The Morgan fingerprint density at radius 2 is 1.91 bits per heavy atom. The van der Waals surface area contributed by atoms with Gasteiger partial charge in [0.05, 0.1) is 13.0 Å². The van der Waals surface area contributed by atoms with Gasteiger partial charge < -0.3 is 14.8 Å². The minimum Gasteiger partial charge on any atom is -0.461 e. The average Bonchev–Trinajstić information content (AvgIpc) is 2.78. The third-order valence-corrected chi connectivity index (χ3v) is 3.89. The van der Waals surface area contributed by atoms with Gasteiger partial charge in [0.1, 0.15) is 6.61 Å². The summed E-state index contributed by atoms with van der Waals surface area (Å²) in [5, 5.41) is 3.35. The fraction of sp³-hybridized carbons (Fsp3) is 0.346. The maximum Gasteiger partial charge on any atom is 0.345 e. The largest absolute Gasteiger partial charge is 0.461 e. The summed E-state index contributed by atoms with van der Waals surface area (Å²) >= 11 is 0. The second kappa shape index (κ2) is 20.1. The van der Waals surface area contributed by atoms with Gasteiger partial charge in [0, 0.05) is 13.1 Å². The highest BCUT2D eigenvalue weighted by Crippen LogP contribution is 2.03. The fourth-order valence-electron chi connectivity index (χ4n) is 2.42. The zero-order chi connectivity index (χ0) is 24.0. The van der Waals surface area contributed by atoms with Gasteiger partial charge >= 0.3 is 12.6 Å².